The summed E-state index contributed by atoms with van der Waals surface area (Å²) in [4.78, 5) is 2.06. The van der Waals surface area contributed by atoms with E-state index in [2.05, 4.69) is 30.1 Å². The first kappa shape index (κ1) is 16.3. The molecule has 0 aliphatic carbocycles. The lowest BCUT2D eigenvalue weighted by Gasteiger charge is -2.30. The van der Waals surface area contributed by atoms with Crippen LogP contribution < -0.4 is 5.32 Å². The van der Waals surface area contributed by atoms with Crippen LogP contribution in [0.4, 0.5) is 5.69 Å². The Bertz CT molecular complexity index is 782. The van der Waals surface area contributed by atoms with Crippen LogP contribution in [0.25, 0.3) is 0 Å². The van der Waals surface area contributed by atoms with Crippen molar-refractivity contribution in [1.29, 1.82) is 0 Å². The van der Waals surface area contributed by atoms with Gasteiger partial charge in [-0.3, -0.25) is 0 Å². The first-order valence-corrected chi connectivity index (χ1v) is 8.25. The highest BCUT2D eigenvalue weighted by Gasteiger charge is 2.22. The number of furan rings is 2. The molecule has 2 aromatic heterocycles. The first-order valence-electron chi connectivity index (χ1n) is 7.84. The molecule has 3 aromatic rings. The van der Waals surface area contributed by atoms with Crippen molar-refractivity contribution in [3.05, 3.63) is 78.1 Å². The zero-order valence-electron chi connectivity index (χ0n) is 13.7. The molecule has 0 saturated heterocycles. The van der Waals surface area contributed by atoms with Crippen LogP contribution >= 0.6 is 12.2 Å². The highest BCUT2D eigenvalue weighted by atomic mass is 32.1. The molecule has 5 heteroatoms. The quantitative estimate of drug-likeness (QED) is 0.651. The highest BCUT2D eigenvalue weighted by molar-refractivity contribution is 7.80. The number of thiocarbonyl (C=S) groups is 1. The van der Waals surface area contributed by atoms with Crippen LogP contribution in [0.5, 0.6) is 0 Å². The Balaban J connectivity index is 1.83. The van der Waals surface area contributed by atoms with E-state index in [0.29, 0.717) is 11.7 Å². The molecule has 0 amide bonds. The van der Waals surface area contributed by atoms with E-state index in [9.17, 15) is 0 Å². The predicted octanol–water partition coefficient (Wildman–Crippen LogP) is 5.14. The zero-order valence-corrected chi connectivity index (χ0v) is 14.5. The van der Waals surface area contributed by atoms with Gasteiger partial charge in [0, 0.05) is 5.69 Å². The van der Waals surface area contributed by atoms with Crippen LogP contribution in [0.3, 0.4) is 0 Å². The normalized spacial score (nSPS) is 11.9. The summed E-state index contributed by atoms with van der Waals surface area (Å²) in [6.45, 7) is 4.68. The van der Waals surface area contributed by atoms with Gasteiger partial charge in [0.1, 0.15) is 11.5 Å². The molecule has 4 nitrogen and oxygen atoms in total. The van der Waals surface area contributed by atoms with Crippen molar-refractivity contribution in [1.82, 2.24) is 4.90 Å². The van der Waals surface area contributed by atoms with Gasteiger partial charge in [0.05, 0.1) is 25.1 Å². The Kier molecular flexibility index (Phi) is 5.01. The monoisotopic (exact) mass is 340 g/mol. The second-order valence-corrected chi connectivity index (χ2v) is 6.03. The molecule has 0 bridgehead atoms. The lowest BCUT2D eigenvalue weighted by Crippen LogP contribution is -2.36. The van der Waals surface area contributed by atoms with Crippen LogP contribution in [-0.4, -0.2) is 10.0 Å². The van der Waals surface area contributed by atoms with E-state index >= 15 is 0 Å². The number of nitrogens with one attached hydrogen (secondary N) is 1. The van der Waals surface area contributed by atoms with Crippen LogP contribution in [0, 0.1) is 6.92 Å². The largest absolute Gasteiger partial charge is 0.467 e. The van der Waals surface area contributed by atoms with Crippen LogP contribution in [0.1, 0.15) is 30.0 Å². The van der Waals surface area contributed by atoms with Crippen molar-refractivity contribution < 1.29 is 8.83 Å². The summed E-state index contributed by atoms with van der Waals surface area (Å²) in [5, 5.41) is 3.97. The Morgan fingerprint density at radius 1 is 1.08 bits per heavy atom. The molecule has 2 heterocycles. The third kappa shape index (κ3) is 3.68. The molecular formula is C19H20N2O2S. The summed E-state index contributed by atoms with van der Waals surface area (Å²) in [7, 11) is 0. The van der Waals surface area contributed by atoms with Crippen molar-refractivity contribution in [2.24, 2.45) is 0 Å². The minimum absolute atomic E-state index is 0.0193. The SMILES string of the molecule is Cc1ccccc1NC(=S)N(Cc1ccco1)[C@@H](C)c1ccco1. The summed E-state index contributed by atoms with van der Waals surface area (Å²) < 4.78 is 11.1. The van der Waals surface area contributed by atoms with Crippen molar-refractivity contribution in [3.8, 4) is 0 Å². The van der Waals surface area contributed by atoms with Gasteiger partial charge in [-0.2, -0.15) is 0 Å². The van der Waals surface area contributed by atoms with E-state index in [0.717, 1.165) is 22.8 Å². The molecule has 0 fully saturated rings. The third-order valence-electron chi connectivity index (χ3n) is 3.98. The number of benzene rings is 1. The molecule has 124 valence electrons. The molecule has 3 rings (SSSR count). The number of anilines is 1. The fourth-order valence-corrected chi connectivity index (χ4v) is 2.87. The van der Waals surface area contributed by atoms with Gasteiger partial charge >= 0.3 is 0 Å². The molecule has 0 unspecified atom stereocenters. The summed E-state index contributed by atoms with van der Waals surface area (Å²) in [6, 6.07) is 15.7. The third-order valence-corrected chi connectivity index (χ3v) is 4.31. The van der Waals surface area contributed by atoms with Crippen LogP contribution in [0.2, 0.25) is 0 Å². The van der Waals surface area contributed by atoms with E-state index in [1.54, 1.807) is 12.5 Å². The maximum Gasteiger partial charge on any atom is 0.174 e. The molecule has 0 aliphatic heterocycles. The predicted molar refractivity (Wildman–Crippen MR) is 98.8 cm³/mol. The van der Waals surface area contributed by atoms with E-state index in [4.69, 9.17) is 21.1 Å². The number of para-hydroxylation sites is 1. The molecular weight excluding hydrogens is 320 g/mol. The van der Waals surface area contributed by atoms with Gasteiger partial charge in [-0.1, -0.05) is 18.2 Å². The number of rotatable bonds is 5. The van der Waals surface area contributed by atoms with E-state index < -0.39 is 0 Å². The number of hydrogen-bond donors (Lipinski definition) is 1. The summed E-state index contributed by atoms with van der Waals surface area (Å²) >= 11 is 5.67. The molecule has 1 N–H and O–H groups in total. The standard InChI is InChI=1S/C19H20N2O2S/c1-14-7-3-4-9-17(14)20-19(24)21(13-16-8-5-11-22-16)15(2)18-10-6-12-23-18/h3-12,15H,13H2,1-2H3,(H,20,24)/t15-/m0/s1. The number of nitrogens with zero attached hydrogens (tertiary/aromatic N) is 1. The van der Waals surface area contributed by atoms with Gasteiger partial charge < -0.3 is 19.1 Å². The average molecular weight is 340 g/mol. The minimum atomic E-state index is -0.0193. The smallest absolute Gasteiger partial charge is 0.174 e. The van der Waals surface area contributed by atoms with E-state index in [-0.39, 0.29) is 6.04 Å². The first-order chi connectivity index (χ1) is 11.6. The number of aryl methyl sites for hydroxylation is 1. The molecule has 0 aliphatic rings. The fourth-order valence-electron chi connectivity index (χ4n) is 2.54. The molecule has 1 atom stereocenters. The number of hydrogen-bond acceptors (Lipinski definition) is 3. The van der Waals surface area contributed by atoms with Gasteiger partial charge in [0.2, 0.25) is 0 Å². The molecule has 0 radical (unpaired) electrons. The van der Waals surface area contributed by atoms with Gasteiger partial charge in [0.15, 0.2) is 5.11 Å². The second kappa shape index (κ2) is 7.36. The Morgan fingerprint density at radius 2 is 1.83 bits per heavy atom. The summed E-state index contributed by atoms with van der Waals surface area (Å²) in [6.07, 6.45) is 3.34. The lowest BCUT2D eigenvalue weighted by molar-refractivity contribution is 0.269. The zero-order chi connectivity index (χ0) is 16.9. The Labute approximate surface area is 147 Å². The van der Waals surface area contributed by atoms with Crippen LogP contribution in [0.15, 0.2) is 69.9 Å². The maximum absolute atomic E-state index is 5.67. The lowest BCUT2D eigenvalue weighted by atomic mass is 10.2. The Hall–Kier alpha value is -2.53. The topological polar surface area (TPSA) is 41.5 Å². The minimum Gasteiger partial charge on any atom is -0.467 e. The molecule has 1 aromatic carbocycles. The van der Waals surface area contributed by atoms with Gasteiger partial charge in [0.25, 0.3) is 0 Å². The van der Waals surface area contributed by atoms with Crippen molar-refractivity contribution in [2.75, 3.05) is 5.32 Å². The Morgan fingerprint density at radius 3 is 2.50 bits per heavy atom. The summed E-state index contributed by atoms with van der Waals surface area (Å²) in [5.74, 6) is 1.71. The van der Waals surface area contributed by atoms with Gasteiger partial charge in [-0.05, 0) is 62.0 Å². The van der Waals surface area contributed by atoms with Gasteiger partial charge in [-0.15, -0.1) is 0 Å². The van der Waals surface area contributed by atoms with Crippen molar-refractivity contribution in [3.63, 3.8) is 0 Å². The average Bonchev–Trinajstić information content (AvgIpc) is 3.27. The van der Waals surface area contributed by atoms with E-state index in [1.165, 1.54) is 0 Å². The fraction of sp³-hybridized carbons (Fsp3) is 0.211. The van der Waals surface area contributed by atoms with E-state index in [1.807, 2.05) is 42.5 Å². The second-order valence-electron chi connectivity index (χ2n) is 5.64. The highest BCUT2D eigenvalue weighted by Crippen LogP contribution is 2.25. The molecule has 0 saturated carbocycles. The van der Waals surface area contributed by atoms with Gasteiger partial charge in [-0.25, -0.2) is 0 Å². The van der Waals surface area contributed by atoms with Crippen molar-refractivity contribution >= 4 is 23.0 Å². The molecule has 0 spiro atoms. The maximum atomic E-state index is 5.67. The van der Waals surface area contributed by atoms with Crippen molar-refractivity contribution in [2.45, 2.75) is 26.4 Å². The molecule has 24 heavy (non-hydrogen) atoms. The van der Waals surface area contributed by atoms with Crippen LogP contribution in [-0.2, 0) is 6.54 Å². The summed E-state index contributed by atoms with van der Waals surface area (Å²) in [5.41, 5.74) is 2.14.